The fourth-order valence-electron chi connectivity index (χ4n) is 1.36. The molecule has 1 rings (SSSR count). The zero-order valence-electron chi connectivity index (χ0n) is 9.19. The zero-order chi connectivity index (χ0) is 11.3. The van der Waals surface area contributed by atoms with Gasteiger partial charge in [0.2, 0.25) is 0 Å². The van der Waals surface area contributed by atoms with Crippen molar-refractivity contribution >= 4 is 17.1 Å². The number of likely N-dealkylation sites (N-methyl/N-ethyl adjacent to an activating group) is 1. The van der Waals surface area contributed by atoms with Crippen molar-refractivity contribution in [1.82, 2.24) is 4.90 Å². The molecule has 0 radical (unpaired) electrons. The summed E-state index contributed by atoms with van der Waals surface area (Å²) in [5.41, 5.74) is 0. The lowest BCUT2D eigenvalue weighted by atomic mass is 10.3. The maximum Gasteiger partial charge on any atom is 0.186 e. The molecule has 3 nitrogen and oxygen atoms in total. The Kier molecular flexibility index (Phi) is 4.94. The van der Waals surface area contributed by atoms with Gasteiger partial charge in [0.1, 0.15) is 0 Å². The molecule has 0 saturated heterocycles. The monoisotopic (exact) mass is 227 g/mol. The van der Waals surface area contributed by atoms with Crippen molar-refractivity contribution in [2.45, 2.75) is 13.8 Å². The first-order valence-corrected chi connectivity index (χ1v) is 5.92. The third-order valence-electron chi connectivity index (χ3n) is 2.25. The van der Waals surface area contributed by atoms with E-state index in [-0.39, 0.29) is 12.4 Å². The molecule has 4 heteroatoms. The minimum absolute atomic E-state index is 0.102. The lowest BCUT2D eigenvalue weighted by molar-refractivity contribution is 0.0923. The quantitative estimate of drug-likeness (QED) is 0.750. The molecule has 0 aromatic carbocycles. The Morgan fingerprint density at radius 3 is 2.73 bits per heavy atom. The average molecular weight is 227 g/mol. The maximum atomic E-state index is 11.8. The molecule has 0 aliphatic heterocycles. The fraction of sp³-hybridized carbons (Fsp3) is 0.545. The van der Waals surface area contributed by atoms with Gasteiger partial charge in [0.15, 0.2) is 5.78 Å². The highest BCUT2D eigenvalue weighted by Crippen LogP contribution is 2.15. The fourth-order valence-corrected chi connectivity index (χ4v) is 2.15. The van der Waals surface area contributed by atoms with Crippen LogP contribution < -0.4 is 0 Å². The van der Waals surface area contributed by atoms with Crippen LogP contribution in [0.5, 0.6) is 0 Å². The molecule has 0 fully saturated rings. The van der Waals surface area contributed by atoms with Gasteiger partial charge < -0.3 is 5.11 Å². The van der Waals surface area contributed by atoms with E-state index in [0.29, 0.717) is 13.1 Å². The van der Waals surface area contributed by atoms with Crippen LogP contribution in [0.3, 0.4) is 0 Å². The van der Waals surface area contributed by atoms with Gasteiger partial charge in [0.05, 0.1) is 18.0 Å². The number of thiophene rings is 1. The van der Waals surface area contributed by atoms with Gasteiger partial charge in [-0.25, -0.2) is 0 Å². The van der Waals surface area contributed by atoms with E-state index in [1.165, 1.54) is 11.3 Å². The molecule has 0 unspecified atom stereocenters. The van der Waals surface area contributed by atoms with Gasteiger partial charge in [-0.1, -0.05) is 6.92 Å². The van der Waals surface area contributed by atoms with E-state index in [1.54, 1.807) is 0 Å². The summed E-state index contributed by atoms with van der Waals surface area (Å²) in [6.07, 6.45) is 0. The summed E-state index contributed by atoms with van der Waals surface area (Å²) in [6, 6.07) is 3.83. The normalized spacial score (nSPS) is 10.9. The van der Waals surface area contributed by atoms with Crippen molar-refractivity contribution in [3.63, 3.8) is 0 Å². The molecule has 0 spiro atoms. The molecule has 0 aliphatic rings. The number of hydrogen-bond donors (Lipinski definition) is 1. The third-order valence-corrected chi connectivity index (χ3v) is 3.29. The van der Waals surface area contributed by atoms with Crippen LogP contribution in [0.1, 0.15) is 21.5 Å². The van der Waals surface area contributed by atoms with E-state index < -0.39 is 0 Å². The van der Waals surface area contributed by atoms with Crippen LogP contribution in [0.4, 0.5) is 0 Å². The SMILES string of the molecule is CCN(CCO)CC(=O)c1ccc(C)s1. The van der Waals surface area contributed by atoms with Gasteiger partial charge in [-0.3, -0.25) is 9.69 Å². The number of carbonyl (C=O) groups excluding carboxylic acids is 1. The van der Waals surface area contributed by atoms with Gasteiger partial charge >= 0.3 is 0 Å². The van der Waals surface area contributed by atoms with Gasteiger partial charge in [0, 0.05) is 11.4 Å². The summed E-state index contributed by atoms with van der Waals surface area (Å²) in [5.74, 6) is 0.142. The topological polar surface area (TPSA) is 40.5 Å². The van der Waals surface area contributed by atoms with Crippen LogP contribution in [0.2, 0.25) is 0 Å². The Morgan fingerprint density at radius 2 is 2.27 bits per heavy atom. The van der Waals surface area contributed by atoms with Crippen LogP contribution in [-0.4, -0.2) is 42.0 Å². The number of hydrogen-bond acceptors (Lipinski definition) is 4. The number of rotatable bonds is 6. The van der Waals surface area contributed by atoms with Crippen LogP contribution in [0.25, 0.3) is 0 Å². The largest absolute Gasteiger partial charge is 0.395 e. The average Bonchev–Trinajstić information content (AvgIpc) is 2.64. The lowest BCUT2D eigenvalue weighted by Gasteiger charge is -2.17. The second-order valence-corrected chi connectivity index (χ2v) is 4.71. The smallest absolute Gasteiger partial charge is 0.186 e. The number of aliphatic hydroxyl groups is 1. The Bertz CT molecular complexity index is 322. The van der Waals surface area contributed by atoms with Crippen molar-refractivity contribution < 1.29 is 9.90 Å². The molecule has 0 bridgehead atoms. The van der Waals surface area contributed by atoms with E-state index in [2.05, 4.69) is 0 Å². The number of ketones is 1. The Hall–Kier alpha value is -0.710. The van der Waals surface area contributed by atoms with Crippen molar-refractivity contribution in [2.75, 3.05) is 26.2 Å². The molecule has 1 N–H and O–H groups in total. The summed E-state index contributed by atoms with van der Waals surface area (Å²) in [5, 5.41) is 8.80. The van der Waals surface area contributed by atoms with Crippen molar-refractivity contribution in [2.24, 2.45) is 0 Å². The van der Waals surface area contributed by atoms with Crippen molar-refractivity contribution in [3.05, 3.63) is 21.9 Å². The predicted molar refractivity (Wildman–Crippen MR) is 62.6 cm³/mol. The molecule has 0 aliphatic carbocycles. The molecule has 1 heterocycles. The standard InChI is InChI=1S/C11H17NO2S/c1-3-12(6-7-13)8-10(14)11-5-4-9(2)15-11/h4-5,13H,3,6-8H2,1-2H3. The van der Waals surface area contributed by atoms with Gasteiger partial charge in [0.25, 0.3) is 0 Å². The molecule has 0 saturated carbocycles. The van der Waals surface area contributed by atoms with Gasteiger partial charge in [-0.05, 0) is 25.6 Å². The summed E-state index contributed by atoms with van der Waals surface area (Å²) in [4.78, 5) is 15.7. The van der Waals surface area contributed by atoms with Crippen LogP contribution >= 0.6 is 11.3 Å². The van der Waals surface area contributed by atoms with Crippen LogP contribution in [0, 0.1) is 6.92 Å². The second-order valence-electron chi connectivity index (χ2n) is 3.43. The maximum absolute atomic E-state index is 11.8. The minimum Gasteiger partial charge on any atom is -0.395 e. The number of Topliss-reactive ketones (excluding diaryl/α,β-unsaturated/α-hetero) is 1. The minimum atomic E-state index is 0.102. The van der Waals surface area contributed by atoms with Crippen LogP contribution in [0.15, 0.2) is 12.1 Å². The van der Waals surface area contributed by atoms with E-state index in [4.69, 9.17) is 5.11 Å². The Labute approximate surface area is 94.3 Å². The summed E-state index contributed by atoms with van der Waals surface area (Å²) >= 11 is 1.53. The molecular formula is C11H17NO2S. The van der Waals surface area contributed by atoms with Crippen LogP contribution in [-0.2, 0) is 0 Å². The molecule has 1 aromatic heterocycles. The van der Waals surface area contributed by atoms with E-state index in [0.717, 1.165) is 16.3 Å². The highest BCUT2D eigenvalue weighted by atomic mass is 32.1. The third kappa shape index (κ3) is 3.74. The molecular weight excluding hydrogens is 210 g/mol. The van der Waals surface area contributed by atoms with E-state index in [1.807, 2.05) is 30.9 Å². The Morgan fingerprint density at radius 1 is 1.53 bits per heavy atom. The van der Waals surface area contributed by atoms with Crippen molar-refractivity contribution in [1.29, 1.82) is 0 Å². The summed E-state index contributed by atoms with van der Waals surface area (Å²) < 4.78 is 0. The Balaban J connectivity index is 2.54. The second kappa shape index (κ2) is 6.00. The van der Waals surface area contributed by atoms with Gasteiger partial charge in [-0.15, -0.1) is 11.3 Å². The first kappa shape index (κ1) is 12.4. The number of aliphatic hydroxyl groups excluding tert-OH is 1. The van der Waals surface area contributed by atoms with E-state index in [9.17, 15) is 4.79 Å². The number of aryl methyl sites for hydroxylation is 1. The lowest BCUT2D eigenvalue weighted by Crippen LogP contribution is -2.31. The molecule has 1 aromatic rings. The van der Waals surface area contributed by atoms with Crippen molar-refractivity contribution in [3.8, 4) is 0 Å². The summed E-state index contributed by atoms with van der Waals surface area (Å²) in [6.45, 7) is 5.83. The first-order chi connectivity index (χ1) is 7.17. The highest BCUT2D eigenvalue weighted by Gasteiger charge is 2.12. The molecule has 84 valence electrons. The number of nitrogens with zero attached hydrogens (tertiary/aromatic N) is 1. The van der Waals surface area contributed by atoms with E-state index >= 15 is 0 Å². The molecule has 0 amide bonds. The van der Waals surface area contributed by atoms with Gasteiger partial charge in [-0.2, -0.15) is 0 Å². The zero-order valence-corrected chi connectivity index (χ0v) is 10.0. The first-order valence-electron chi connectivity index (χ1n) is 5.10. The molecule has 0 atom stereocenters. The number of carbonyl (C=O) groups is 1. The predicted octanol–water partition coefficient (Wildman–Crippen LogP) is 1.55. The summed E-state index contributed by atoms with van der Waals surface area (Å²) in [7, 11) is 0. The highest BCUT2D eigenvalue weighted by molar-refractivity contribution is 7.14. The molecule has 15 heavy (non-hydrogen) atoms.